The number of benzene rings is 1. The van der Waals surface area contributed by atoms with Crippen molar-refractivity contribution in [3.05, 3.63) is 59.0 Å². The third kappa shape index (κ3) is 4.46. The Kier molecular flexibility index (Phi) is 7.81. The molecule has 10 aliphatic carbocycles. The summed E-state index contributed by atoms with van der Waals surface area (Å²) in [5, 5.41) is 25.9. The largest absolute Gasteiger partial charge is 0.448 e. The van der Waals surface area contributed by atoms with Gasteiger partial charge < -0.3 is 19.8 Å². The Morgan fingerprint density at radius 2 is 1.61 bits per heavy atom. The number of allylic oxidation sites excluding steroid dienone is 4. The average Bonchev–Trinajstić information content (AvgIpc) is 3.85. The molecule has 59 heavy (non-hydrogen) atoms. The molecule has 1 aromatic heterocycles. The van der Waals surface area contributed by atoms with Crippen LogP contribution in [0, 0.1) is 67.5 Å². The van der Waals surface area contributed by atoms with Gasteiger partial charge in [0.1, 0.15) is 0 Å². The number of hydrogen-bond acceptors (Lipinski definition) is 7. The first-order valence-corrected chi connectivity index (χ1v) is 23.9. The van der Waals surface area contributed by atoms with Gasteiger partial charge in [-0.1, -0.05) is 78.0 Å². The van der Waals surface area contributed by atoms with Crippen molar-refractivity contribution in [1.29, 1.82) is 0 Å². The SMILES string of the molecule is CC1(C)C2CCC(CN(CC3(O)CCC4C56C=CC7(C=C5C(=O)c5cc8ccccc8s5)CC(O)CCC7(C)C6CCC43C)C(=O)C34CCC(C)(C(=O)O3)C4(C)C)C1C2. The molecule has 1 saturated heterocycles. The number of aliphatic hydroxyl groups is 2. The molecule has 1 aromatic carbocycles. The van der Waals surface area contributed by atoms with E-state index in [9.17, 15) is 15.0 Å². The fraction of sp³-hybridized carbons (Fsp3) is 0.706. The van der Waals surface area contributed by atoms with Crippen LogP contribution in [0.25, 0.3) is 10.1 Å². The standard InChI is InChI=1S/C51H65NO6S/c1-43(2)32-13-12-31(34(43)25-32)28-52(41(55)51-23-20-47(7,42(56)58-51)44(51,3)4)29-49(57)19-16-39-46(49,6)18-15-38-45(5)17-14-33(53)26-48(45)21-22-50(38,39)35(27-48)40(54)37-24-30-10-8-9-11-36(30)59-37/h8-11,21-22,24,27,31-34,38-39,53,57H,12-20,23,25-26,28-29H2,1-7H3. The van der Waals surface area contributed by atoms with Crippen molar-refractivity contribution in [2.45, 2.75) is 143 Å². The minimum atomic E-state index is -1.25. The number of carbonyl (C=O) groups is 3. The summed E-state index contributed by atoms with van der Waals surface area (Å²) in [4.78, 5) is 47.2. The van der Waals surface area contributed by atoms with Crippen molar-refractivity contribution < 1.29 is 29.3 Å². The van der Waals surface area contributed by atoms with Gasteiger partial charge >= 0.3 is 5.97 Å². The Morgan fingerprint density at radius 1 is 0.881 bits per heavy atom. The quantitative estimate of drug-likeness (QED) is 0.164. The fourth-order valence-electron chi connectivity index (χ4n) is 16.8. The molecule has 13 atom stereocenters. The summed E-state index contributed by atoms with van der Waals surface area (Å²) in [6.45, 7) is 16.4. The van der Waals surface area contributed by atoms with E-state index in [4.69, 9.17) is 4.74 Å². The fourth-order valence-corrected chi connectivity index (χ4v) is 17.8. The molecule has 1 amide bonds. The van der Waals surface area contributed by atoms with E-state index in [1.54, 1.807) is 11.3 Å². The molecule has 1 aliphatic heterocycles. The van der Waals surface area contributed by atoms with E-state index in [0.29, 0.717) is 44.1 Å². The van der Waals surface area contributed by atoms with E-state index in [-0.39, 0.29) is 46.9 Å². The number of hydrogen-bond donors (Lipinski definition) is 2. The summed E-state index contributed by atoms with van der Waals surface area (Å²) in [6.07, 6.45) is 16.5. The zero-order valence-corrected chi connectivity index (χ0v) is 37.2. The van der Waals surface area contributed by atoms with Crippen LogP contribution in [0.2, 0.25) is 0 Å². The second-order valence-corrected chi connectivity index (χ2v) is 24.4. The van der Waals surface area contributed by atoms with Crippen LogP contribution in [0.4, 0.5) is 0 Å². The third-order valence-corrected chi connectivity index (χ3v) is 22.3. The van der Waals surface area contributed by atoms with Crippen LogP contribution in [0.15, 0.2) is 54.1 Å². The molecule has 8 fully saturated rings. The number of amides is 1. The molecule has 6 bridgehead atoms. The van der Waals surface area contributed by atoms with E-state index < -0.39 is 44.4 Å². The molecule has 2 heterocycles. The molecule has 13 rings (SSSR count). The monoisotopic (exact) mass is 819 g/mol. The number of carbonyl (C=O) groups excluding carboxylic acids is 3. The van der Waals surface area contributed by atoms with Crippen molar-refractivity contribution in [3.63, 3.8) is 0 Å². The number of fused-ring (bicyclic) bond motifs is 6. The summed E-state index contributed by atoms with van der Waals surface area (Å²) < 4.78 is 7.40. The number of rotatable bonds is 7. The Labute approximate surface area is 354 Å². The maximum atomic E-state index is 15.6. The van der Waals surface area contributed by atoms with Crippen molar-refractivity contribution in [2.75, 3.05) is 13.1 Å². The van der Waals surface area contributed by atoms with Gasteiger partial charge in [0.05, 0.1) is 28.5 Å². The summed E-state index contributed by atoms with van der Waals surface area (Å²) in [5.74, 6) is 1.46. The van der Waals surface area contributed by atoms with Crippen molar-refractivity contribution >= 4 is 39.1 Å². The minimum absolute atomic E-state index is 0.0202. The van der Waals surface area contributed by atoms with Gasteiger partial charge in [-0.05, 0) is 142 Å². The van der Waals surface area contributed by atoms with Crippen molar-refractivity contribution in [1.82, 2.24) is 4.90 Å². The predicted octanol–water partition coefficient (Wildman–Crippen LogP) is 9.70. The first-order chi connectivity index (χ1) is 27.7. The summed E-state index contributed by atoms with van der Waals surface area (Å²) in [7, 11) is 0. The zero-order valence-electron chi connectivity index (χ0n) is 36.4. The molecule has 2 aromatic rings. The van der Waals surface area contributed by atoms with Crippen LogP contribution >= 0.6 is 11.3 Å². The lowest BCUT2D eigenvalue weighted by Crippen LogP contribution is -2.68. The maximum Gasteiger partial charge on any atom is 0.313 e. The highest BCUT2D eigenvalue weighted by atomic mass is 32.1. The van der Waals surface area contributed by atoms with Gasteiger partial charge in [-0.15, -0.1) is 11.3 Å². The molecular weight excluding hydrogens is 755 g/mol. The molecular formula is C51H65NO6S. The van der Waals surface area contributed by atoms with Crippen LogP contribution in [0.3, 0.4) is 0 Å². The predicted molar refractivity (Wildman–Crippen MR) is 229 cm³/mol. The topological polar surface area (TPSA) is 104 Å². The van der Waals surface area contributed by atoms with Crippen LogP contribution in [-0.4, -0.2) is 63.2 Å². The van der Waals surface area contributed by atoms with E-state index >= 15 is 9.59 Å². The number of ketones is 1. The highest BCUT2D eigenvalue weighted by Gasteiger charge is 2.78. The van der Waals surface area contributed by atoms with Gasteiger partial charge in [-0.2, -0.15) is 0 Å². The van der Waals surface area contributed by atoms with E-state index in [2.05, 4.69) is 64.1 Å². The van der Waals surface area contributed by atoms with Gasteiger partial charge in [-0.3, -0.25) is 14.4 Å². The smallest absolute Gasteiger partial charge is 0.313 e. The number of thiophene rings is 1. The van der Waals surface area contributed by atoms with E-state index in [1.165, 1.54) is 12.8 Å². The molecule has 11 aliphatic rings. The van der Waals surface area contributed by atoms with Gasteiger partial charge in [0.25, 0.3) is 5.91 Å². The van der Waals surface area contributed by atoms with Gasteiger partial charge in [0.15, 0.2) is 11.4 Å². The molecule has 7 saturated carbocycles. The van der Waals surface area contributed by atoms with Gasteiger partial charge in [0, 0.05) is 38.5 Å². The first-order valence-electron chi connectivity index (χ1n) is 23.1. The number of esters is 1. The minimum Gasteiger partial charge on any atom is -0.448 e. The van der Waals surface area contributed by atoms with E-state index in [1.807, 2.05) is 37.8 Å². The maximum absolute atomic E-state index is 15.6. The highest BCUT2D eigenvalue weighted by Crippen LogP contribution is 2.79. The molecule has 2 spiro atoms. The number of ether oxygens (including phenoxy) is 1. The molecule has 0 radical (unpaired) electrons. The zero-order chi connectivity index (χ0) is 41.6. The Hall–Kier alpha value is -2.81. The number of Topliss-reactive ketones (excluding diaryl/α,β-unsaturated/α-hetero) is 1. The third-order valence-electron chi connectivity index (χ3n) is 21.2. The second-order valence-electron chi connectivity index (χ2n) is 23.3. The molecule has 316 valence electrons. The average molecular weight is 820 g/mol. The van der Waals surface area contributed by atoms with Gasteiger partial charge in [0.2, 0.25) is 0 Å². The lowest BCUT2D eigenvalue weighted by Gasteiger charge is -2.71. The number of aliphatic hydroxyl groups excluding tert-OH is 1. The molecule has 7 nitrogen and oxygen atoms in total. The molecule has 13 unspecified atom stereocenters. The number of nitrogens with zero attached hydrogens (tertiary/aromatic N) is 1. The lowest BCUT2D eigenvalue weighted by atomic mass is 9.32. The van der Waals surface area contributed by atoms with Crippen LogP contribution in [0.5, 0.6) is 0 Å². The normalized spacial score (nSPS) is 47.8. The van der Waals surface area contributed by atoms with Crippen molar-refractivity contribution in [2.24, 2.45) is 67.5 Å². The van der Waals surface area contributed by atoms with E-state index in [0.717, 1.165) is 65.0 Å². The molecule has 2 N–H and O–H groups in total. The Morgan fingerprint density at radius 3 is 2.31 bits per heavy atom. The summed E-state index contributed by atoms with van der Waals surface area (Å²) in [6, 6.07) is 10.3. The van der Waals surface area contributed by atoms with Crippen molar-refractivity contribution in [3.8, 4) is 0 Å². The molecule has 8 heteroatoms. The Balaban J connectivity index is 0.999. The van der Waals surface area contributed by atoms with Gasteiger partial charge in [-0.25, -0.2) is 0 Å². The summed E-state index contributed by atoms with van der Waals surface area (Å²) >= 11 is 1.57. The highest BCUT2D eigenvalue weighted by molar-refractivity contribution is 7.21. The Bertz CT molecular complexity index is 2240. The van der Waals surface area contributed by atoms with Crippen LogP contribution < -0.4 is 0 Å². The summed E-state index contributed by atoms with van der Waals surface area (Å²) in [5.41, 5.74) is -4.47. The van der Waals surface area contributed by atoms with Crippen LogP contribution in [0.1, 0.15) is 135 Å². The first kappa shape index (κ1) is 39.1. The van der Waals surface area contributed by atoms with Crippen LogP contribution in [-0.2, 0) is 14.3 Å². The lowest BCUT2D eigenvalue weighted by molar-refractivity contribution is -0.190. The second kappa shape index (κ2) is 11.8.